The third-order valence-corrected chi connectivity index (χ3v) is 29.8. The molecule has 0 radical (unpaired) electrons. The van der Waals surface area contributed by atoms with Gasteiger partial charge in [-0.05, 0) is 0 Å². The molecule has 0 fully saturated rings. The Kier molecular flexibility index (Phi) is 22.6. The van der Waals surface area contributed by atoms with E-state index in [1.165, 1.54) is 103 Å². The number of hydrogen-bond acceptors (Lipinski definition) is 2. The zero-order chi connectivity index (χ0) is 51.7. The van der Waals surface area contributed by atoms with Crippen LogP contribution in [0.4, 0.5) is 0 Å². The fourth-order valence-electron chi connectivity index (χ4n) is 11.2. The summed E-state index contributed by atoms with van der Waals surface area (Å²) in [7, 11) is 0. The summed E-state index contributed by atoms with van der Waals surface area (Å²) in [5, 5.41) is 6.74. The Hall–Kier alpha value is -4.42. The normalized spacial score (nSPS) is 12.9. The monoisotopic (exact) mass is 1070 g/mol. The van der Waals surface area contributed by atoms with Crippen LogP contribution in [0, 0.1) is 0 Å². The molecule has 0 atom stereocenters. The van der Waals surface area contributed by atoms with Gasteiger partial charge in [0.2, 0.25) is 0 Å². The Labute approximate surface area is 457 Å². The van der Waals surface area contributed by atoms with Crippen molar-refractivity contribution in [1.29, 1.82) is 0 Å². The van der Waals surface area contributed by atoms with Gasteiger partial charge in [-0.3, -0.25) is 0 Å². The summed E-state index contributed by atoms with van der Waals surface area (Å²) in [6.45, 7) is 5.81. The van der Waals surface area contributed by atoms with E-state index in [0.29, 0.717) is 25.5 Å². The maximum atomic E-state index is 8.96. The first-order chi connectivity index (χ1) is 36.3. The summed E-state index contributed by atoms with van der Waals surface area (Å²) >= 11 is 17.9. The van der Waals surface area contributed by atoms with E-state index in [9.17, 15) is 0 Å². The molecule has 0 aliphatic carbocycles. The predicted molar refractivity (Wildman–Crippen MR) is 331 cm³/mol. The molecule has 0 amide bonds. The molecule has 0 aromatic heterocycles. The van der Waals surface area contributed by atoms with Crippen LogP contribution in [0.5, 0.6) is 11.5 Å². The van der Waals surface area contributed by atoms with Gasteiger partial charge in [-0.25, -0.2) is 0 Å². The Morgan fingerprint density at radius 2 is 0.486 bits per heavy atom. The van der Waals surface area contributed by atoms with Crippen LogP contribution in [0.25, 0.3) is 0 Å². The molecule has 0 saturated heterocycles. The van der Waals surface area contributed by atoms with Crippen molar-refractivity contribution in [3.05, 3.63) is 205 Å². The van der Waals surface area contributed by atoms with Gasteiger partial charge in [0, 0.05) is 0 Å². The van der Waals surface area contributed by atoms with E-state index in [-0.39, 0.29) is 0 Å². The van der Waals surface area contributed by atoms with Crippen LogP contribution >= 0.6 is 34.4 Å². The topological polar surface area (TPSA) is 18.5 Å². The Balaban J connectivity index is 1.36. The average molecular weight is 1070 g/mol. The van der Waals surface area contributed by atoms with Crippen molar-refractivity contribution in [3.63, 3.8) is 0 Å². The van der Waals surface area contributed by atoms with Gasteiger partial charge < -0.3 is 0 Å². The molecule has 0 spiro atoms. The molecule has 394 valence electrons. The van der Waals surface area contributed by atoms with Crippen molar-refractivity contribution in [2.75, 3.05) is 13.2 Å². The molecule has 0 aliphatic rings. The molecule has 7 aromatic rings. The molecule has 2 nitrogen and oxygen atoms in total. The van der Waals surface area contributed by atoms with E-state index in [2.05, 4.69) is 208 Å². The standard InChI is InChI=1S/C68H86Cl2O2P2/c1-3-5-7-9-11-13-15-17-19-39-53-71-67-55-60(58-74(70,64-47-33-24-34-48-64,65-49-35-25-36-50-65)66-51-37-26-38-52-66)68(72-54-40-20-18-16-14-12-10-8-6-4-2)56-59(67)57-73(69,61-41-27-21-28-42-61,62-43-29-22-30-44-62)63-45-31-23-32-46-63/h21-38,41-52,55-56H,3-20,39-40,53-54,57-58H2,1-2H3. The zero-order valence-electron chi connectivity index (χ0n) is 44.9. The summed E-state index contributed by atoms with van der Waals surface area (Å²) < 4.78 is 14.5. The minimum atomic E-state index is -3.83. The predicted octanol–water partition coefficient (Wildman–Crippen LogP) is 18.7. The van der Waals surface area contributed by atoms with E-state index in [4.69, 9.17) is 32.0 Å². The van der Waals surface area contributed by atoms with Crippen LogP contribution in [0.2, 0.25) is 0 Å². The third kappa shape index (κ3) is 14.1. The van der Waals surface area contributed by atoms with Crippen molar-refractivity contribution < 1.29 is 9.47 Å². The molecule has 0 saturated carbocycles. The second-order valence-electron chi connectivity index (χ2n) is 20.8. The first-order valence-corrected chi connectivity index (χ1v) is 35.2. The second kappa shape index (κ2) is 29.2. The molecular formula is C68H86Cl2O2P2. The first kappa shape index (κ1) is 57.3. The number of hydrogen-bond donors (Lipinski definition) is 0. The van der Waals surface area contributed by atoms with E-state index < -0.39 is 11.9 Å². The zero-order valence-corrected chi connectivity index (χ0v) is 48.2. The van der Waals surface area contributed by atoms with E-state index in [1.807, 2.05) is 0 Å². The van der Waals surface area contributed by atoms with Gasteiger partial charge >= 0.3 is 408 Å². The van der Waals surface area contributed by atoms with E-state index >= 15 is 0 Å². The summed E-state index contributed by atoms with van der Waals surface area (Å²) in [6.07, 6.45) is 26.3. The number of halogens is 2. The number of rotatable bonds is 34. The molecule has 74 heavy (non-hydrogen) atoms. The van der Waals surface area contributed by atoms with Gasteiger partial charge in [-0.2, -0.15) is 0 Å². The summed E-state index contributed by atoms with van der Waals surface area (Å²) in [6, 6.07) is 69.7. The van der Waals surface area contributed by atoms with E-state index in [1.54, 1.807) is 0 Å². The number of benzene rings is 7. The number of ether oxygens (including phenoxy) is 2. The van der Waals surface area contributed by atoms with E-state index in [0.717, 1.165) is 80.1 Å². The quantitative estimate of drug-likeness (QED) is 0.0296. The van der Waals surface area contributed by atoms with Crippen molar-refractivity contribution in [2.45, 2.75) is 155 Å². The molecule has 0 N–H and O–H groups in total. The fraction of sp³-hybridized carbons (Fsp3) is 0.382. The second-order valence-corrected chi connectivity index (χ2v) is 33.8. The summed E-state index contributed by atoms with van der Waals surface area (Å²) in [4.78, 5) is 0. The number of unbranched alkanes of at least 4 members (excludes halogenated alkanes) is 18. The summed E-state index contributed by atoms with van der Waals surface area (Å²) in [5.41, 5.74) is 2.11. The molecule has 0 unspecified atom stereocenters. The van der Waals surface area contributed by atoms with Gasteiger partial charge in [-0.15, -0.1) is 0 Å². The van der Waals surface area contributed by atoms with Gasteiger partial charge in [-0.1, -0.05) is 52.4 Å². The van der Waals surface area contributed by atoms with Crippen molar-refractivity contribution >= 4 is 66.2 Å². The Morgan fingerprint density at radius 3 is 0.703 bits per heavy atom. The SMILES string of the molecule is CCCCCCCCCCCCOc1cc(CP(Cl)(c2ccccc2)(c2ccccc2)c2ccccc2)c(OCCCCCCCCCCCC)cc1CP(Cl)(c1ccccc1)(c1ccccc1)c1ccccc1. The minimum absolute atomic E-state index is 0.536. The maximum absolute atomic E-state index is 8.96. The molecule has 7 aromatic carbocycles. The van der Waals surface area contributed by atoms with Crippen LogP contribution in [0.3, 0.4) is 0 Å². The average Bonchev–Trinajstić information content (AvgIpc) is 3.49. The van der Waals surface area contributed by atoms with Crippen molar-refractivity contribution in [3.8, 4) is 11.5 Å². The molecule has 0 bridgehead atoms. The van der Waals surface area contributed by atoms with Crippen molar-refractivity contribution in [1.82, 2.24) is 0 Å². The van der Waals surface area contributed by atoms with Crippen LogP contribution in [0.1, 0.15) is 153 Å². The Morgan fingerprint density at radius 1 is 0.284 bits per heavy atom. The van der Waals surface area contributed by atoms with Gasteiger partial charge in [0.05, 0.1) is 0 Å². The van der Waals surface area contributed by atoms with Crippen molar-refractivity contribution in [2.24, 2.45) is 0 Å². The first-order valence-electron chi connectivity index (χ1n) is 28.5. The van der Waals surface area contributed by atoms with Gasteiger partial charge in [0.1, 0.15) is 0 Å². The molecule has 0 aliphatic heterocycles. The third-order valence-electron chi connectivity index (χ3n) is 15.5. The Bertz CT molecular complexity index is 2260. The molecular weight excluding hydrogens is 982 g/mol. The van der Waals surface area contributed by atoms with Gasteiger partial charge in [0.15, 0.2) is 0 Å². The van der Waals surface area contributed by atoms with Crippen LogP contribution < -0.4 is 41.3 Å². The van der Waals surface area contributed by atoms with Crippen LogP contribution in [-0.2, 0) is 12.3 Å². The van der Waals surface area contributed by atoms with Gasteiger partial charge in [0.25, 0.3) is 0 Å². The van der Waals surface area contributed by atoms with Crippen LogP contribution in [-0.4, -0.2) is 13.2 Å². The van der Waals surface area contributed by atoms with Crippen LogP contribution in [0.15, 0.2) is 194 Å². The molecule has 7 rings (SSSR count). The fourth-order valence-corrected chi connectivity index (χ4v) is 23.4. The molecule has 6 heteroatoms. The summed E-state index contributed by atoms with van der Waals surface area (Å²) in [5.74, 6) is -5.94. The molecule has 0 heterocycles.